The fourth-order valence-corrected chi connectivity index (χ4v) is 3.49. The molecular weight excluding hydrogens is 306 g/mol. The minimum atomic E-state index is -0.469. The zero-order valence-electron chi connectivity index (χ0n) is 11.7. The van der Waals surface area contributed by atoms with Crippen LogP contribution in [0.5, 0.6) is 0 Å². The minimum absolute atomic E-state index is 0.00480. The largest absolute Gasteiger partial charge is 0.300 e. The van der Waals surface area contributed by atoms with E-state index < -0.39 is 5.41 Å². The van der Waals surface area contributed by atoms with E-state index in [1.807, 2.05) is 31.2 Å². The number of aryl methyl sites for hydroxylation is 1. The molecule has 4 nitrogen and oxygen atoms in total. The van der Waals surface area contributed by atoms with Gasteiger partial charge in [0.2, 0.25) is 11.0 Å². The van der Waals surface area contributed by atoms with Gasteiger partial charge >= 0.3 is 0 Å². The molecule has 0 radical (unpaired) electrons. The molecular formula is C15H16ClN3OS. The lowest BCUT2D eigenvalue weighted by Gasteiger charge is -2.40. The van der Waals surface area contributed by atoms with Crippen molar-refractivity contribution in [2.24, 2.45) is 0 Å². The molecule has 0 atom stereocenters. The Bertz CT molecular complexity index is 666. The first-order chi connectivity index (χ1) is 10.1. The lowest BCUT2D eigenvalue weighted by molar-refractivity contribution is -0.124. The number of halogens is 1. The average molecular weight is 322 g/mol. The highest BCUT2D eigenvalue weighted by Crippen LogP contribution is 2.45. The summed E-state index contributed by atoms with van der Waals surface area (Å²) < 4.78 is 0. The Hall–Kier alpha value is -1.46. The summed E-state index contributed by atoms with van der Waals surface area (Å²) in [6.07, 6.45) is 3.57. The molecule has 1 fully saturated rings. The van der Waals surface area contributed by atoms with Crippen LogP contribution in [0.25, 0.3) is 0 Å². The molecule has 1 N–H and O–H groups in total. The highest BCUT2D eigenvalue weighted by atomic mass is 35.5. The van der Waals surface area contributed by atoms with Crippen molar-refractivity contribution in [3.63, 3.8) is 0 Å². The molecule has 1 aliphatic rings. The van der Waals surface area contributed by atoms with Crippen LogP contribution in [0.2, 0.25) is 5.02 Å². The van der Waals surface area contributed by atoms with Crippen LogP contribution in [0.4, 0.5) is 5.13 Å². The Balaban J connectivity index is 1.84. The summed E-state index contributed by atoms with van der Waals surface area (Å²) in [4.78, 5) is 12.7. The smallest absolute Gasteiger partial charge is 0.236 e. The van der Waals surface area contributed by atoms with Gasteiger partial charge in [-0.1, -0.05) is 48.4 Å². The van der Waals surface area contributed by atoms with E-state index in [0.29, 0.717) is 10.2 Å². The van der Waals surface area contributed by atoms with Crippen molar-refractivity contribution in [3.8, 4) is 0 Å². The van der Waals surface area contributed by atoms with Crippen molar-refractivity contribution >= 4 is 34.0 Å². The molecule has 1 aliphatic carbocycles. The van der Waals surface area contributed by atoms with Gasteiger partial charge in [-0.05, 0) is 37.0 Å². The SMILES string of the molecule is CCc1nnc(NC(=O)C2(c3cccc(Cl)c3)CCC2)s1. The van der Waals surface area contributed by atoms with Gasteiger partial charge in [-0.25, -0.2) is 0 Å². The molecule has 1 aromatic heterocycles. The van der Waals surface area contributed by atoms with E-state index in [9.17, 15) is 4.79 Å². The maximum Gasteiger partial charge on any atom is 0.236 e. The molecule has 1 amide bonds. The first-order valence-corrected chi connectivity index (χ1v) is 8.23. The summed E-state index contributed by atoms with van der Waals surface area (Å²) in [6.45, 7) is 2.02. The minimum Gasteiger partial charge on any atom is -0.300 e. The summed E-state index contributed by atoms with van der Waals surface area (Å²) in [7, 11) is 0. The molecule has 0 saturated heterocycles. The van der Waals surface area contributed by atoms with Gasteiger partial charge in [-0.3, -0.25) is 10.1 Å². The van der Waals surface area contributed by atoms with Gasteiger partial charge in [0.1, 0.15) is 5.01 Å². The van der Waals surface area contributed by atoms with E-state index in [-0.39, 0.29) is 5.91 Å². The second-order valence-electron chi connectivity index (χ2n) is 5.25. The zero-order chi connectivity index (χ0) is 14.9. The standard InChI is InChI=1S/C15H16ClN3OS/c1-2-12-18-19-14(21-12)17-13(20)15(7-4-8-15)10-5-3-6-11(16)9-10/h3,5-6,9H,2,4,7-8H2,1H3,(H,17,19,20). The van der Waals surface area contributed by atoms with Crippen LogP contribution in [-0.2, 0) is 16.6 Å². The van der Waals surface area contributed by atoms with E-state index >= 15 is 0 Å². The topological polar surface area (TPSA) is 54.9 Å². The number of amides is 1. The van der Waals surface area contributed by atoms with Gasteiger partial charge in [0.25, 0.3) is 0 Å². The third-order valence-corrected chi connectivity index (χ3v) is 5.23. The number of benzene rings is 1. The molecule has 21 heavy (non-hydrogen) atoms. The van der Waals surface area contributed by atoms with Crippen LogP contribution in [0.15, 0.2) is 24.3 Å². The van der Waals surface area contributed by atoms with Gasteiger partial charge in [0.05, 0.1) is 5.41 Å². The lowest BCUT2D eigenvalue weighted by Crippen LogP contribution is -2.46. The quantitative estimate of drug-likeness (QED) is 0.931. The predicted octanol–water partition coefficient (Wildman–Crippen LogP) is 3.81. The highest BCUT2D eigenvalue weighted by Gasteiger charge is 2.46. The van der Waals surface area contributed by atoms with Gasteiger partial charge in [-0.15, -0.1) is 10.2 Å². The monoisotopic (exact) mass is 321 g/mol. The van der Waals surface area contributed by atoms with Crippen LogP contribution in [0, 0.1) is 0 Å². The number of hydrogen-bond donors (Lipinski definition) is 1. The number of carbonyl (C=O) groups excluding carboxylic acids is 1. The molecule has 3 rings (SSSR count). The Labute approximate surface area is 132 Å². The molecule has 1 heterocycles. The van der Waals surface area contributed by atoms with Crippen LogP contribution >= 0.6 is 22.9 Å². The number of carbonyl (C=O) groups is 1. The second kappa shape index (κ2) is 5.73. The Morgan fingerprint density at radius 3 is 2.81 bits per heavy atom. The van der Waals surface area contributed by atoms with E-state index in [0.717, 1.165) is 36.3 Å². The number of nitrogens with one attached hydrogen (secondary N) is 1. The number of nitrogens with zero attached hydrogens (tertiary/aromatic N) is 2. The number of rotatable bonds is 4. The van der Waals surface area contributed by atoms with Crippen LogP contribution in [0.1, 0.15) is 36.8 Å². The van der Waals surface area contributed by atoms with Crippen LogP contribution in [-0.4, -0.2) is 16.1 Å². The van der Waals surface area contributed by atoms with E-state index in [4.69, 9.17) is 11.6 Å². The maximum atomic E-state index is 12.7. The summed E-state index contributed by atoms with van der Waals surface area (Å²) in [5, 5.41) is 13.1. The van der Waals surface area contributed by atoms with Crippen molar-refractivity contribution in [2.75, 3.05) is 5.32 Å². The van der Waals surface area contributed by atoms with E-state index in [2.05, 4.69) is 15.5 Å². The highest BCUT2D eigenvalue weighted by molar-refractivity contribution is 7.15. The first kappa shape index (κ1) is 14.5. The second-order valence-corrected chi connectivity index (χ2v) is 6.75. The molecule has 1 aromatic carbocycles. The fourth-order valence-electron chi connectivity index (χ4n) is 2.63. The molecule has 0 aliphatic heterocycles. The van der Waals surface area contributed by atoms with Gasteiger partial charge in [0, 0.05) is 5.02 Å². The van der Waals surface area contributed by atoms with Crippen molar-refractivity contribution in [3.05, 3.63) is 39.9 Å². The fraction of sp³-hybridized carbons (Fsp3) is 0.400. The molecule has 0 unspecified atom stereocenters. The Kier molecular flexibility index (Phi) is 3.95. The molecule has 1 saturated carbocycles. The van der Waals surface area contributed by atoms with Crippen molar-refractivity contribution in [1.82, 2.24) is 10.2 Å². The normalized spacial score (nSPS) is 16.3. The molecule has 2 aromatic rings. The van der Waals surface area contributed by atoms with Crippen molar-refractivity contribution in [2.45, 2.75) is 38.0 Å². The van der Waals surface area contributed by atoms with E-state index in [1.165, 1.54) is 11.3 Å². The summed E-state index contributed by atoms with van der Waals surface area (Å²) >= 11 is 7.50. The van der Waals surface area contributed by atoms with Gasteiger partial charge in [-0.2, -0.15) is 0 Å². The Morgan fingerprint density at radius 2 is 2.24 bits per heavy atom. The van der Waals surface area contributed by atoms with Gasteiger partial charge < -0.3 is 0 Å². The summed E-state index contributed by atoms with van der Waals surface area (Å²) in [5.74, 6) is -0.00480. The molecule has 0 bridgehead atoms. The van der Waals surface area contributed by atoms with E-state index in [1.54, 1.807) is 0 Å². The number of hydrogen-bond acceptors (Lipinski definition) is 4. The number of anilines is 1. The van der Waals surface area contributed by atoms with Crippen LogP contribution in [0.3, 0.4) is 0 Å². The third kappa shape index (κ3) is 2.68. The third-order valence-electron chi connectivity index (χ3n) is 4.01. The molecule has 0 spiro atoms. The maximum absolute atomic E-state index is 12.7. The summed E-state index contributed by atoms with van der Waals surface area (Å²) in [6, 6.07) is 7.58. The average Bonchev–Trinajstić information content (AvgIpc) is 2.85. The summed E-state index contributed by atoms with van der Waals surface area (Å²) in [5.41, 5.74) is 0.516. The van der Waals surface area contributed by atoms with Crippen molar-refractivity contribution < 1.29 is 4.79 Å². The number of aromatic nitrogens is 2. The first-order valence-electron chi connectivity index (χ1n) is 7.04. The molecule has 110 valence electrons. The van der Waals surface area contributed by atoms with Crippen LogP contribution < -0.4 is 5.32 Å². The van der Waals surface area contributed by atoms with Crippen molar-refractivity contribution in [1.29, 1.82) is 0 Å². The Morgan fingerprint density at radius 1 is 1.43 bits per heavy atom. The zero-order valence-corrected chi connectivity index (χ0v) is 13.3. The lowest BCUT2D eigenvalue weighted by atomic mass is 9.64. The predicted molar refractivity (Wildman–Crippen MR) is 84.9 cm³/mol. The van der Waals surface area contributed by atoms with Gasteiger partial charge in [0.15, 0.2) is 0 Å². The molecule has 6 heteroatoms.